The number of rotatable bonds is 0. The molecule has 0 spiro atoms. The normalized spacial score (nSPS) is 18.1. The first-order chi connectivity index (χ1) is 10.6. The van der Waals surface area contributed by atoms with Crippen molar-refractivity contribution >= 4 is 11.4 Å². The van der Waals surface area contributed by atoms with Gasteiger partial charge >= 0.3 is 0 Å². The maximum atomic E-state index is 9.23. The van der Waals surface area contributed by atoms with Gasteiger partial charge in [0.15, 0.2) is 17.7 Å². The van der Waals surface area contributed by atoms with Crippen molar-refractivity contribution in [1.82, 2.24) is 0 Å². The van der Waals surface area contributed by atoms with Crippen LogP contribution >= 0.6 is 0 Å². The molecular weight excluding hydrogens is 284 g/mol. The highest BCUT2D eigenvalue weighted by atomic mass is 16.5. The van der Waals surface area contributed by atoms with Gasteiger partial charge in [0.05, 0.1) is 5.69 Å². The lowest BCUT2D eigenvalue weighted by Gasteiger charge is -2.13. The van der Waals surface area contributed by atoms with Crippen LogP contribution in [-0.2, 0) is 12.8 Å². The number of anilines is 2. The molecule has 2 aromatic carbocycles. The van der Waals surface area contributed by atoms with Crippen LogP contribution in [0.1, 0.15) is 11.1 Å². The minimum Gasteiger partial charge on any atom is -0.504 e. The summed E-state index contributed by atoms with van der Waals surface area (Å²) < 4.78 is 0. The van der Waals surface area contributed by atoms with E-state index in [9.17, 15) is 10.3 Å². The molecule has 0 fully saturated rings. The molecule has 0 radical (unpaired) electrons. The second-order valence-electron chi connectivity index (χ2n) is 5.33. The maximum Gasteiger partial charge on any atom is 0.159 e. The van der Waals surface area contributed by atoms with Crippen LogP contribution in [0.4, 0.5) is 11.4 Å². The molecule has 22 heavy (non-hydrogen) atoms. The number of nitrogens with zero attached hydrogens (tertiary/aromatic N) is 1. The third kappa shape index (κ3) is 2.66. The summed E-state index contributed by atoms with van der Waals surface area (Å²) in [6.07, 6.45) is 0.656. The molecule has 2 aliphatic rings. The molecule has 0 aliphatic carbocycles. The second-order valence-corrected chi connectivity index (χ2v) is 5.33. The zero-order valence-electron chi connectivity index (χ0n) is 11.9. The molecule has 2 aromatic rings. The van der Waals surface area contributed by atoms with Gasteiger partial charge in [-0.3, -0.25) is 5.21 Å². The number of phenols is 2. The van der Waals surface area contributed by atoms with E-state index in [2.05, 4.69) is 5.32 Å². The van der Waals surface area contributed by atoms with Crippen molar-refractivity contribution in [3.63, 3.8) is 0 Å². The fourth-order valence-electron chi connectivity index (χ4n) is 2.67. The van der Waals surface area contributed by atoms with Gasteiger partial charge in [-0.1, -0.05) is 18.2 Å². The number of aromatic hydroxyl groups is 2. The van der Waals surface area contributed by atoms with Gasteiger partial charge in [0, 0.05) is 24.7 Å². The first-order valence-corrected chi connectivity index (χ1v) is 7.09. The number of aliphatic hydroxyl groups is 1. The summed E-state index contributed by atoms with van der Waals surface area (Å²) in [6.45, 7) is 0.887. The molecule has 0 amide bonds. The van der Waals surface area contributed by atoms with E-state index in [4.69, 9.17) is 10.2 Å². The Bertz CT molecular complexity index is 661. The van der Waals surface area contributed by atoms with Gasteiger partial charge in [-0.15, -0.1) is 0 Å². The van der Waals surface area contributed by atoms with Crippen LogP contribution in [0.3, 0.4) is 0 Å². The number of nitrogens with one attached hydrogen (secondary N) is 1. The minimum absolute atomic E-state index is 0.0348. The van der Waals surface area contributed by atoms with Crippen molar-refractivity contribution in [1.29, 1.82) is 0 Å². The number of para-hydroxylation sites is 1. The molecule has 6 nitrogen and oxygen atoms in total. The van der Waals surface area contributed by atoms with E-state index < -0.39 is 6.23 Å². The van der Waals surface area contributed by atoms with Gasteiger partial charge in [0.25, 0.3) is 0 Å². The first-order valence-electron chi connectivity index (χ1n) is 7.09. The number of phenolic OH excluding ortho intramolecular Hbond substituents is 2. The molecule has 0 aromatic heterocycles. The Morgan fingerprint density at radius 2 is 1.77 bits per heavy atom. The molecule has 116 valence electrons. The Kier molecular flexibility index (Phi) is 3.79. The minimum atomic E-state index is -0.771. The lowest BCUT2D eigenvalue weighted by molar-refractivity contribution is 0.0779. The monoisotopic (exact) mass is 302 g/mol. The fraction of sp³-hybridized carbons (Fsp3) is 0.250. The maximum absolute atomic E-state index is 9.23. The molecule has 0 bridgehead atoms. The number of hydrogen-bond acceptors (Lipinski definition) is 6. The average Bonchev–Trinajstić information content (AvgIpc) is 3.06. The molecule has 1 atom stereocenters. The SMILES string of the molecule is OC1Cc2ccccc2N1O.Oc1cc2c(cc1O)NCC2. The molecule has 1 unspecified atom stereocenters. The summed E-state index contributed by atoms with van der Waals surface area (Å²) in [7, 11) is 0. The lowest BCUT2D eigenvalue weighted by Crippen LogP contribution is -2.27. The summed E-state index contributed by atoms with van der Waals surface area (Å²) in [5.41, 5.74) is 3.70. The highest BCUT2D eigenvalue weighted by Crippen LogP contribution is 2.33. The third-order valence-electron chi connectivity index (χ3n) is 3.83. The Balaban J connectivity index is 0.000000131. The van der Waals surface area contributed by atoms with Crippen LogP contribution in [0.15, 0.2) is 36.4 Å². The van der Waals surface area contributed by atoms with Gasteiger partial charge in [-0.25, -0.2) is 5.06 Å². The number of hydrogen-bond donors (Lipinski definition) is 5. The Hall–Kier alpha value is -2.44. The molecule has 4 rings (SSSR count). The number of aliphatic hydroxyl groups excluding tert-OH is 1. The van der Waals surface area contributed by atoms with Gasteiger partial charge in [0.2, 0.25) is 0 Å². The van der Waals surface area contributed by atoms with Crippen molar-refractivity contribution in [3.05, 3.63) is 47.5 Å². The zero-order chi connectivity index (χ0) is 15.7. The van der Waals surface area contributed by atoms with Crippen LogP contribution in [-0.4, -0.2) is 33.3 Å². The molecule has 2 heterocycles. The van der Waals surface area contributed by atoms with E-state index in [0.29, 0.717) is 12.1 Å². The Morgan fingerprint density at radius 3 is 2.55 bits per heavy atom. The van der Waals surface area contributed by atoms with E-state index >= 15 is 0 Å². The quantitative estimate of drug-likeness (QED) is 0.376. The Labute approximate surface area is 127 Å². The highest BCUT2D eigenvalue weighted by molar-refractivity contribution is 5.62. The molecule has 2 aliphatic heterocycles. The lowest BCUT2D eigenvalue weighted by atomic mass is 10.1. The summed E-state index contributed by atoms with van der Waals surface area (Å²) >= 11 is 0. The van der Waals surface area contributed by atoms with Gasteiger partial charge in [-0.2, -0.15) is 0 Å². The summed E-state index contributed by atoms with van der Waals surface area (Å²) in [6, 6.07) is 10.6. The zero-order valence-corrected chi connectivity index (χ0v) is 11.9. The third-order valence-corrected chi connectivity index (χ3v) is 3.83. The van der Waals surface area contributed by atoms with E-state index in [1.165, 1.54) is 0 Å². The standard InChI is InChI=1S/2C8H9NO2/c10-7-3-5-1-2-9-6(5)4-8(7)11;10-8-5-6-3-1-2-4-7(6)9(8)11/h3-4,9-11H,1-2H2;1-4,8,10-11H,5H2. The van der Waals surface area contributed by atoms with Crippen LogP contribution in [0.5, 0.6) is 11.5 Å². The number of benzene rings is 2. The van der Waals surface area contributed by atoms with E-state index in [1.54, 1.807) is 18.2 Å². The molecule has 0 saturated carbocycles. The smallest absolute Gasteiger partial charge is 0.159 e. The molecular formula is C16H18N2O4. The number of hydroxylamine groups is 1. The molecule has 0 saturated heterocycles. The van der Waals surface area contributed by atoms with Crippen molar-refractivity contribution in [2.24, 2.45) is 0 Å². The topological polar surface area (TPSA) is 96.2 Å². The Morgan fingerprint density at radius 1 is 1.05 bits per heavy atom. The van der Waals surface area contributed by atoms with E-state index in [1.807, 2.05) is 18.2 Å². The van der Waals surface area contributed by atoms with Crippen LogP contribution in [0.25, 0.3) is 0 Å². The van der Waals surface area contributed by atoms with Crippen LogP contribution < -0.4 is 10.4 Å². The van der Waals surface area contributed by atoms with Crippen molar-refractivity contribution in [2.45, 2.75) is 19.1 Å². The molecule has 5 N–H and O–H groups in total. The van der Waals surface area contributed by atoms with Crippen LogP contribution in [0.2, 0.25) is 0 Å². The predicted molar refractivity (Wildman–Crippen MR) is 82.4 cm³/mol. The fourth-order valence-corrected chi connectivity index (χ4v) is 2.67. The van der Waals surface area contributed by atoms with Gasteiger partial charge in [0.1, 0.15) is 0 Å². The van der Waals surface area contributed by atoms with Gasteiger partial charge < -0.3 is 20.6 Å². The predicted octanol–water partition coefficient (Wildman–Crippen LogP) is 1.82. The van der Waals surface area contributed by atoms with Gasteiger partial charge in [-0.05, 0) is 29.7 Å². The van der Waals surface area contributed by atoms with E-state index in [0.717, 1.165) is 34.8 Å². The highest BCUT2D eigenvalue weighted by Gasteiger charge is 2.25. The van der Waals surface area contributed by atoms with Crippen molar-refractivity contribution < 1.29 is 20.5 Å². The van der Waals surface area contributed by atoms with Crippen LogP contribution in [0, 0.1) is 0 Å². The van der Waals surface area contributed by atoms with Crippen molar-refractivity contribution in [2.75, 3.05) is 16.9 Å². The second kappa shape index (κ2) is 5.75. The number of fused-ring (bicyclic) bond motifs is 2. The summed E-state index contributed by atoms with van der Waals surface area (Å²) in [5.74, 6) is -0.0920. The first kappa shape index (κ1) is 14.5. The summed E-state index contributed by atoms with van der Waals surface area (Å²) in [4.78, 5) is 0. The van der Waals surface area contributed by atoms with Crippen molar-refractivity contribution in [3.8, 4) is 11.5 Å². The average molecular weight is 302 g/mol. The molecule has 6 heteroatoms. The largest absolute Gasteiger partial charge is 0.504 e. The summed E-state index contributed by atoms with van der Waals surface area (Å²) in [5, 5.41) is 40.6. The van der Waals surface area contributed by atoms with E-state index in [-0.39, 0.29) is 11.5 Å².